The number of halogens is 3. The van der Waals surface area contributed by atoms with Crippen molar-refractivity contribution in [1.29, 1.82) is 0 Å². The van der Waals surface area contributed by atoms with Gasteiger partial charge in [-0.15, -0.1) is 0 Å². The Kier molecular flexibility index (Phi) is 6.17. The molecule has 0 saturated heterocycles. The summed E-state index contributed by atoms with van der Waals surface area (Å²) in [6.45, 7) is 4.32. The van der Waals surface area contributed by atoms with Crippen LogP contribution in [-0.4, -0.2) is 12.5 Å². The number of benzene rings is 2. The third-order valence-electron chi connectivity index (χ3n) is 3.23. The van der Waals surface area contributed by atoms with Crippen molar-refractivity contribution in [2.45, 2.75) is 20.3 Å². The van der Waals surface area contributed by atoms with E-state index in [2.05, 4.69) is 5.32 Å². The van der Waals surface area contributed by atoms with Crippen LogP contribution in [0.15, 0.2) is 30.3 Å². The van der Waals surface area contributed by atoms with E-state index in [-0.39, 0.29) is 5.91 Å². The molecule has 0 atom stereocenters. The van der Waals surface area contributed by atoms with E-state index < -0.39 is 0 Å². The SMILES string of the molecule is CCCOc1c(Cl)cc(C(=O)Nc2cccc(Cl)c2C)cc1Cl. The Balaban J connectivity index is 2.24. The Morgan fingerprint density at radius 1 is 1.13 bits per heavy atom. The van der Waals surface area contributed by atoms with Gasteiger partial charge in [-0.2, -0.15) is 0 Å². The molecule has 0 aliphatic carbocycles. The Bertz CT molecular complexity index is 709. The fraction of sp³-hybridized carbons (Fsp3) is 0.235. The molecule has 2 aromatic rings. The van der Waals surface area contributed by atoms with E-state index in [1.54, 1.807) is 18.2 Å². The molecule has 0 aliphatic heterocycles. The minimum absolute atomic E-state index is 0.305. The van der Waals surface area contributed by atoms with Gasteiger partial charge in [0.15, 0.2) is 5.75 Å². The van der Waals surface area contributed by atoms with Crippen molar-refractivity contribution in [3.63, 3.8) is 0 Å². The van der Waals surface area contributed by atoms with E-state index in [0.29, 0.717) is 38.7 Å². The van der Waals surface area contributed by atoms with E-state index in [1.807, 2.05) is 13.8 Å². The fourth-order valence-corrected chi connectivity index (χ4v) is 2.74. The van der Waals surface area contributed by atoms with E-state index in [1.165, 1.54) is 12.1 Å². The topological polar surface area (TPSA) is 38.3 Å². The molecule has 0 bridgehead atoms. The van der Waals surface area contributed by atoms with Crippen LogP contribution in [0, 0.1) is 6.92 Å². The molecule has 6 heteroatoms. The molecule has 0 spiro atoms. The van der Waals surface area contributed by atoms with Crippen LogP contribution in [0.4, 0.5) is 5.69 Å². The number of ether oxygens (including phenoxy) is 1. The number of hydrogen-bond acceptors (Lipinski definition) is 2. The van der Waals surface area contributed by atoms with Crippen LogP contribution in [0.1, 0.15) is 29.3 Å². The summed E-state index contributed by atoms with van der Waals surface area (Å²) in [5.41, 5.74) is 1.78. The smallest absolute Gasteiger partial charge is 0.255 e. The third kappa shape index (κ3) is 4.31. The second-order valence-electron chi connectivity index (χ2n) is 4.98. The number of nitrogens with one attached hydrogen (secondary N) is 1. The molecule has 0 fully saturated rings. The maximum absolute atomic E-state index is 12.4. The normalized spacial score (nSPS) is 10.5. The van der Waals surface area contributed by atoms with Gasteiger partial charge in [-0.3, -0.25) is 4.79 Å². The molecule has 0 radical (unpaired) electrons. The van der Waals surface area contributed by atoms with E-state index in [0.717, 1.165) is 12.0 Å². The van der Waals surface area contributed by atoms with Crippen LogP contribution in [0.5, 0.6) is 5.75 Å². The maximum Gasteiger partial charge on any atom is 0.255 e. The van der Waals surface area contributed by atoms with Crippen molar-refractivity contribution in [2.75, 3.05) is 11.9 Å². The first-order valence-corrected chi connectivity index (χ1v) is 8.25. The summed E-state index contributed by atoms with van der Waals surface area (Å²) in [7, 11) is 0. The number of carbonyl (C=O) groups is 1. The number of amides is 1. The molecule has 2 rings (SSSR count). The van der Waals surface area contributed by atoms with Crippen LogP contribution in [0.3, 0.4) is 0 Å². The lowest BCUT2D eigenvalue weighted by Crippen LogP contribution is -2.13. The van der Waals surface area contributed by atoms with E-state index >= 15 is 0 Å². The highest BCUT2D eigenvalue weighted by Gasteiger charge is 2.15. The van der Waals surface area contributed by atoms with Crippen LogP contribution >= 0.6 is 34.8 Å². The molecule has 0 heterocycles. The van der Waals surface area contributed by atoms with Gasteiger partial charge in [-0.25, -0.2) is 0 Å². The molecule has 0 aliphatic rings. The highest BCUT2D eigenvalue weighted by Crippen LogP contribution is 2.34. The molecular formula is C17H16Cl3NO2. The highest BCUT2D eigenvalue weighted by molar-refractivity contribution is 6.38. The van der Waals surface area contributed by atoms with Gasteiger partial charge in [0.2, 0.25) is 0 Å². The predicted molar refractivity (Wildman–Crippen MR) is 96.4 cm³/mol. The summed E-state index contributed by atoms with van der Waals surface area (Å²) in [5, 5.41) is 4.00. The number of anilines is 1. The van der Waals surface area contributed by atoms with Gasteiger partial charge in [0.1, 0.15) is 0 Å². The molecule has 1 N–H and O–H groups in total. The second-order valence-corrected chi connectivity index (χ2v) is 6.21. The Hall–Kier alpha value is -1.42. The quantitative estimate of drug-likeness (QED) is 0.699. The van der Waals surface area contributed by atoms with Crippen LogP contribution in [0.2, 0.25) is 15.1 Å². The molecule has 0 unspecified atom stereocenters. The molecule has 0 aromatic heterocycles. The zero-order valence-electron chi connectivity index (χ0n) is 12.8. The first-order valence-electron chi connectivity index (χ1n) is 7.12. The molecule has 0 saturated carbocycles. The first kappa shape index (κ1) is 17.9. The average molecular weight is 373 g/mol. The standard InChI is InChI=1S/C17H16Cl3NO2/c1-3-7-23-16-13(19)8-11(9-14(16)20)17(22)21-15-6-4-5-12(18)10(15)2/h4-6,8-9H,3,7H2,1-2H3,(H,21,22). The number of hydrogen-bond donors (Lipinski definition) is 1. The van der Waals surface area contributed by atoms with Gasteiger partial charge in [0.25, 0.3) is 5.91 Å². The zero-order valence-corrected chi connectivity index (χ0v) is 15.0. The zero-order chi connectivity index (χ0) is 17.0. The molecular weight excluding hydrogens is 357 g/mol. The molecule has 3 nitrogen and oxygen atoms in total. The lowest BCUT2D eigenvalue weighted by Gasteiger charge is -2.12. The van der Waals surface area contributed by atoms with Gasteiger partial charge in [-0.1, -0.05) is 47.8 Å². The van der Waals surface area contributed by atoms with E-state index in [9.17, 15) is 4.79 Å². The summed E-state index contributed by atoms with van der Waals surface area (Å²) in [6.07, 6.45) is 0.836. The molecule has 1 amide bonds. The lowest BCUT2D eigenvalue weighted by atomic mass is 10.1. The Labute approximate surface area is 150 Å². The summed E-state index contributed by atoms with van der Waals surface area (Å²) >= 11 is 18.4. The summed E-state index contributed by atoms with van der Waals surface area (Å²) in [6, 6.07) is 8.38. The maximum atomic E-state index is 12.4. The predicted octanol–water partition coefficient (Wildman–Crippen LogP) is 6.00. The van der Waals surface area contributed by atoms with Crippen LogP contribution in [0.25, 0.3) is 0 Å². The first-order chi connectivity index (χ1) is 10.9. The van der Waals surface area contributed by atoms with Crippen LogP contribution in [-0.2, 0) is 0 Å². The van der Waals surface area contributed by atoms with Gasteiger partial charge in [0, 0.05) is 16.3 Å². The second kappa shape index (κ2) is 7.91. The summed E-state index contributed by atoms with van der Waals surface area (Å²) in [5.74, 6) is 0.0758. The minimum atomic E-state index is -0.318. The van der Waals surface area contributed by atoms with Crippen molar-refractivity contribution in [1.82, 2.24) is 0 Å². The van der Waals surface area contributed by atoms with Gasteiger partial charge in [-0.05, 0) is 43.2 Å². The van der Waals surface area contributed by atoms with E-state index in [4.69, 9.17) is 39.5 Å². The number of rotatable bonds is 5. The van der Waals surface area contributed by atoms with Crippen molar-refractivity contribution < 1.29 is 9.53 Å². The largest absolute Gasteiger partial charge is 0.490 e. The molecule has 2 aromatic carbocycles. The summed E-state index contributed by atoms with van der Waals surface area (Å²) < 4.78 is 5.49. The summed E-state index contributed by atoms with van der Waals surface area (Å²) in [4.78, 5) is 12.4. The monoisotopic (exact) mass is 371 g/mol. The molecule has 23 heavy (non-hydrogen) atoms. The van der Waals surface area contributed by atoms with Crippen molar-refractivity contribution >= 4 is 46.4 Å². The van der Waals surface area contributed by atoms with Gasteiger partial charge in [0.05, 0.1) is 16.7 Å². The van der Waals surface area contributed by atoms with Crippen molar-refractivity contribution in [3.05, 3.63) is 56.5 Å². The third-order valence-corrected chi connectivity index (χ3v) is 4.20. The molecule has 122 valence electrons. The average Bonchev–Trinajstić information content (AvgIpc) is 2.51. The van der Waals surface area contributed by atoms with Gasteiger partial charge < -0.3 is 10.1 Å². The Morgan fingerprint density at radius 3 is 2.39 bits per heavy atom. The van der Waals surface area contributed by atoms with Crippen LogP contribution < -0.4 is 10.1 Å². The Morgan fingerprint density at radius 2 is 1.78 bits per heavy atom. The lowest BCUT2D eigenvalue weighted by molar-refractivity contribution is 0.102. The highest BCUT2D eigenvalue weighted by atomic mass is 35.5. The fourth-order valence-electron chi connectivity index (χ4n) is 1.97. The van der Waals surface area contributed by atoms with Gasteiger partial charge >= 0.3 is 0 Å². The number of carbonyl (C=O) groups excluding carboxylic acids is 1. The van der Waals surface area contributed by atoms with Crippen molar-refractivity contribution in [2.24, 2.45) is 0 Å². The minimum Gasteiger partial charge on any atom is -0.490 e. The van der Waals surface area contributed by atoms with Crippen molar-refractivity contribution in [3.8, 4) is 5.75 Å².